The van der Waals surface area contributed by atoms with Crippen LogP contribution in [0.4, 0.5) is 11.6 Å². The monoisotopic (exact) mass is 283 g/mol. The molecule has 1 fully saturated rings. The average Bonchev–Trinajstić information content (AvgIpc) is 2.56. The number of aromatic nitrogens is 2. The van der Waals surface area contributed by atoms with Gasteiger partial charge in [-0.1, -0.05) is 12.1 Å². The Bertz CT molecular complexity index is 559. The lowest BCUT2D eigenvalue weighted by Crippen LogP contribution is -2.47. The second-order valence-electron chi connectivity index (χ2n) is 5.40. The summed E-state index contributed by atoms with van der Waals surface area (Å²) in [6, 6.07) is 10.2. The third kappa shape index (κ3) is 3.13. The molecule has 1 atom stereocenters. The van der Waals surface area contributed by atoms with E-state index in [-0.39, 0.29) is 6.04 Å². The van der Waals surface area contributed by atoms with Crippen molar-refractivity contribution < 1.29 is 0 Å². The van der Waals surface area contributed by atoms with Crippen LogP contribution in [-0.2, 0) is 0 Å². The van der Waals surface area contributed by atoms with Crippen LogP contribution in [-0.4, -0.2) is 36.1 Å². The molecule has 1 unspecified atom stereocenters. The Morgan fingerprint density at radius 3 is 2.10 bits per heavy atom. The molecule has 2 N–H and O–H groups in total. The molecular formula is C16H21N5. The van der Waals surface area contributed by atoms with Crippen LogP contribution in [0.2, 0.25) is 0 Å². The van der Waals surface area contributed by atoms with Crippen LogP contribution in [0.5, 0.6) is 0 Å². The molecule has 0 amide bonds. The van der Waals surface area contributed by atoms with Gasteiger partial charge in [-0.15, -0.1) is 0 Å². The zero-order valence-corrected chi connectivity index (χ0v) is 12.3. The van der Waals surface area contributed by atoms with E-state index < -0.39 is 0 Å². The molecule has 21 heavy (non-hydrogen) atoms. The normalized spacial score (nSPS) is 16.9. The van der Waals surface area contributed by atoms with Gasteiger partial charge in [0, 0.05) is 44.6 Å². The molecule has 2 aromatic rings. The van der Waals surface area contributed by atoms with E-state index in [1.807, 2.05) is 31.5 Å². The topological polar surface area (TPSA) is 58.3 Å². The first-order valence-corrected chi connectivity index (χ1v) is 7.36. The zero-order valence-electron chi connectivity index (χ0n) is 12.3. The number of piperazine rings is 1. The summed E-state index contributed by atoms with van der Waals surface area (Å²) in [6.45, 7) is 5.83. The van der Waals surface area contributed by atoms with Crippen molar-refractivity contribution in [3.8, 4) is 0 Å². The molecule has 1 aliphatic rings. The predicted molar refractivity (Wildman–Crippen MR) is 85.5 cm³/mol. The summed E-state index contributed by atoms with van der Waals surface area (Å²) >= 11 is 0. The number of anilines is 2. The molecular weight excluding hydrogens is 262 g/mol. The van der Waals surface area contributed by atoms with E-state index in [1.54, 1.807) is 0 Å². The van der Waals surface area contributed by atoms with E-state index >= 15 is 0 Å². The summed E-state index contributed by atoms with van der Waals surface area (Å²) in [5, 5.41) is 0. The van der Waals surface area contributed by atoms with Gasteiger partial charge in [0.1, 0.15) is 11.6 Å². The smallest absolute Gasteiger partial charge is 0.128 e. The second-order valence-corrected chi connectivity index (χ2v) is 5.40. The van der Waals surface area contributed by atoms with Gasteiger partial charge in [-0.3, -0.25) is 0 Å². The van der Waals surface area contributed by atoms with Gasteiger partial charge in [-0.05, 0) is 30.7 Å². The number of rotatable bonds is 3. The van der Waals surface area contributed by atoms with Crippen LogP contribution in [0.25, 0.3) is 0 Å². The molecule has 3 heterocycles. The van der Waals surface area contributed by atoms with Gasteiger partial charge < -0.3 is 15.5 Å². The summed E-state index contributed by atoms with van der Waals surface area (Å²) < 4.78 is 0. The van der Waals surface area contributed by atoms with Crippen molar-refractivity contribution in [3.05, 3.63) is 48.3 Å². The van der Waals surface area contributed by atoms with E-state index in [2.05, 4.69) is 38.0 Å². The van der Waals surface area contributed by atoms with Crippen LogP contribution in [0.15, 0.2) is 42.7 Å². The van der Waals surface area contributed by atoms with Gasteiger partial charge in [0.15, 0.2) is 0 Å². The summed E-state index contributed by atoms with van der Waals surface area (Å²) in [6.07, 6.45) is 3.72. The Morgan fingerprint density at radius 2 is 1.62 bits per heavy atom. The Kier molecular flexibility index (Phi) is 4.01. The molecule has 1 saturated heterocycles. The summed E-state index contributed by atoms with van der Waals surface area (Å²) in [7, 11) is 0. The molecule has 5 heteroatoms. The number of pyridine rings is 2. The minimum atomic E-state index is 0.0348. The van der Waals surface area contributed by atoms with Crippen molar-refractivity contribution in [2.24, 2.45) is 5.73 Å². The molecule has 3 rings (SSSR count). The number of nitrogens with zero attached hydrogens (tertiary/aromatic N) is 4. The molecule has 0 aliphatic carbocycles. The Balaban J connectivity index is 1.63. The highest BCUT2D eigenvalue weighted by Crippen LogP contribution is 2.18. The van der Waals surface area contributed by atoms with Crippen LogP contribution in [0.3, 0.4) is 0 Å². The molecule has 0 spiro atoms. The van der Waals surface area contributed by atoms with Gasteiger partial charge in [-0.25, -0.2) is 9.97 Å². The quantitative estimate of drug-likeness (QED) is 0.931. The zero-order chi connectivity index (χ0) is 14.7. The van der Waals surface area contributed by atoms with Gasteiger partial charge in [0.25, 0.3) is 0 Å². The Morgan fingerprint density at radius 1 is 0.952 bits per heavy atom. The minimum absolute atomic E-state index is 0.0348. The van der Waals surface area contributed by atoms with Crippen LogP contribution in [0.1, 0.15) is 18.5 Å². The third-order valence-corrected chi connectivity index (χ3v) is 3.87. The number of nitrogens with two attached hydrogens (primary N) is 1. The van der Waals surface area contributed by atoms with Crippen molar-refractivity contribution in [2.45, 2.75) is 13.0 Å². The molecule has 110 valence electrons. The fourth-order valence-electron chi connectivity index (χ4n) is 2.56. The molecule has 1 aliphatic heterocycles. The number of hydrogen-bond donors (Lipinski definition) is 1. The van der Waals surface area contributed by atoms with E-state index in [0.29, 0.717) is 0 Å². The molecule has 0 saturated carbocycles. The lowest BCUT2D eigenvalue weighted by molar-refractivity contribution is 0.641. The standard InChI is InChI=1S/C16H21N5/c1-13(17)14-5-6-16(19-12-14)21-10-8-20(9-11-21)15-4-2-3-7-18-15/h2-7,12-13H,8-11,17H2,1H3. The Hall–Kier alpha value is -2.14. The van der Waals surface area contributed by atoms with Crippen molar-refractivity contribution >= 4 is 11.6 Å². The molecule has 5 nitrogen and oxygen atoms in total. The molecule has 0 radical (unpaired) electrons. The van der Waals surface area contributed by atoms with Gasteiger partial charge >= 0.3 is 0 Å². The van der Waals surface area contributed by atoms with Crippen LogP contribution < -0.4 is 15.5 Å². The molecule has 2 aromatic heterocycles. The predicted octanol–water partition coefficient (Wildman–Crippen LogP) is 1.82. The highest BCUT2D eigenvalue weighted by Gasteiger charge is 2.18. The van der Waals surface area contributed by atoms with Crippen molar-refractivity contribution in [1.82, 2.24) is 9.97 Å². The van der Waals surface area contributed by atoms with Crippen molar-refractivity contribution in [3.63, 3.8) is 0 Å². The van der Waals surface area contributed by atoms with Crippen molar-refractivity contribution in [2.75, 3.05) is 36.0 Å². The van der Waals surface area contributed by atoms with Gasteiger partial charge in [-0.2, -0.15) is 0 Å². The summed E-state index contributed by atoms with van der Waals surface area (Å²) in [5.41, 5.74) is 6.93. The van der Waals surface area contributed by atoms with Crippen molar-refractivity contribution in [1.29, 1.82) is 0 Å². The summed E-state index contributed by atoms with van der Waals surface area (Å²) in [5.74, 6) is 2.08. The molecule has 0 bridgehead atoms. The lowest BCUT2D eigenvalue weighted by atomic mass is 10.1. The largest absolute Gasteiger partial charge is 0.353 e. The fourth-order valence-corrected chi connectivity index (χ4v) is 2.56. The molecule has 0 aromatic carbocycles. The van der Waals surface area contributed by atoms with E-state index in [1.165, 1.54) is 0 Å². The first kappa shape index (κ1) is 13.8. The first-order chi connectivity index (χ1) is 10.2. The maximum Gasteiger partial charge on any atom is 0.128 e. The highest BCUT2D eigenvalue weighted by molar-refractivity contribution is 5.45. The van der Waals surface area contributed by atoms with E-state index in [9.17, 15) is 0 Å². The van der Waals surface area contributed by atoms with E-state index in [4.69, 9.17) is 5.73 Å². The SMILES string of the molecule is CC(N)c1ccc(N2CCN(c3ccccn3)CC2)nc1. The third-order valence-electron chi connectivity index (χ3n) is 3.87. The van der Waals surface area contributed by atoms with Crippen LogP contribution in [0, 0.1) is 0 Å². The second kappa shape index (κ2) is 6.10. The maximum absolute atomic E-state index is 5.86. The number of hydrogen-bond acceptors (Lipinski definition) is 5. The first-order valence-electron chi connectivity index (χ1n) is 7.36. The van der Waals surface area contributed by atoms with Gasteiger partial charge in [0.2, 0.25) is 0 Å². The van der Waals surface area contributed by atoms with Crippen LogP contribution >= 0.6 is 0 Å². The van der Waals surface area contributed by atoms with E-state index in [0.717, 1.165) is 43.4 Å². The lowest BCUT2D eigenvalue weighted by Gasteiger charge is -2.36. The average molecular weight is 283 g/mol. The minimum Gasteiger partial charge on any atom is -0.353 e. The summed E-state index contributed by atoms with van der Waals surface area (Å²) in [4.78, 5) is 13.6. The highest BCUT2D eigenvalue weighted by atomic mass is 15.3. The maximum atomic E-state index is 5.86. The Labute approximate surface area is 125 Å². The fraction of sp³-hybridized carbons (Fsp3) is 0.375. The van der Waals surface area contributed by atoms with Gasteiger partial charge in [0.05, 0.1) is 0 Å².